The summed E-state index contributed by atoms with van der Waals surface area (Å²) < 4.78 is 29.8. The van der Waals surface area contributed by atoms with Crippen LogP contribution in [0.5, 0.6) is 5.75 Å². The molecule has 0 bridgehead atoms. The zero-order chi connectivity index (χ0) is 12.7. The number of hydrogen-bond acceptors (Lipinski definition) is 4. The average molecular weight is 386 g/mol. The maximum atomic E-state index is 11.0. The topological polar surface area (TPSA) is 67.4 Å². The minimum absolute atomic E-state index is 0. The van der Waals surface area contributed by atoms with Crippen LogP contribution < -0.4 is 14.8 Å². The Balaban J connectivity index is 0.00000289. The van der Waals surface area contributed by atoms with Gasteiger partial charge in [-0.1, -0.05) is 0 Å². The van der Waals surface area contributed by atoms with Crippen LogP contribution in [0.25, 0.3) is 0 Å². The molecule has 0 saturated heterocycles. The fraction of sp³-hybridized carbons (Fsp3) is 0.455. The minimum Gasteiger partial charge on any atom is -0.494 e. The SMILES string of the molecule is CNCCCOc1ccc(NS(C)(=O)=O)cc1.I. The first-order valence-corrected chi connectivity index (χ1v) is 7.25. The molecule has 0 saturated carbocycles. The van der Waals surface area contributed by atoms with Crippen LogP contribution in [-0.4, -0.2) is 34.9 Å². The quantitative estimate of drug-likeness (QED) is 0.553. The predicted octanol–water partition coefficient (Wildman–Crippen LogP) is 1.66. The van der Waals surface area contributed by atoms with E-state index in [1.165, 1.54) is 0 Å². The molecular weight excluding hydrogens is 367 g/mol. The number of benzene rings is 1. The molecule has 1 aromatic rings. The van der Waals surface area contributed by atoms with E-state index in [0.29, 0.717) is 12.3 Å². The van der Waals surface area contributed by atoms with Crippen molar-refractivity contribution in [1.29, 1.82) is 0 Å². The van der Waals surface area contributed by atoms with Gasteiger partial charge in [0.15, 0.2) is 0 Å². The van der Waals surface area contributed by atoms with Gasteiger partial charge in [-0.05, 0) is 44.3 Å². The van der Waals surface area contributed by atoms with E-state index in [0.717, 1.165) is 25.0 Å². The Morgan fingerprint density at radius 1 is 1.22 bits per heavy atom. The Hall–Kier alpha value is -0.540. The molecule has 0 aliphatic heterocycles. The normalized spacial score (nSPS) is 10.6. The highest BCUT2D eigenvalue weighted by Gasteiger charge is 2.01. The van der Waals surface area contributed by atoms with Gasteiger partial charge in [-0.3, -0.25) is 4.72 Å². The molecule has 1 rings (SSSR count). The van der Waals surface area contributed by atoms with Crippen LogP contribution in [-0.2, 0) is 10.0 Å². The summed E-state index contributed by atoms with van der Waals surface area (Å²) in [4.78, 5) is 0. The fourth-order valence-corrected chi connectivity index (χ4v) is 1.84. The van der Waals surface area contributed by atoms with Crippen LogP contribution in [0.15, 0.2) is 24.3 Å². The molecule has 0 aromatic heterocycles. The van der Waals surface area contributed by atoms with E-state index in [-0.39, 0.29) is 24.0 Å². The summed E-state index contributed by atoms with van der Waals surface area (Å²) in [5, 5.41) is 3.03. The lowest BCUT2D eigenvalue weighted by molar-refractivity contribution is 0.310. The number of ether oxygens (including phenoxy) is 1. The van der Waals surface area contributed by atoms with Gasteiger partial charge < -0.3 is 10.1 Å². The zero-order valence-electron chi connectivity index (χ0n) is 10.5. The Labute approximate surface area is 125 Å². The summed E-state index contributed by atoms with van der Waals surface area (Å²) >= 11 is 0. The van der Waals surface area contributed by atoms with Crippen LogP contribution >= 0.6 is 24.0 Å². The second-order valence-electron chi connectivity index (χ2n) is 3.70. The molecule has 0 aliphatic rings. The van der Waals surface area contributed by atoms with Gasteiger partial charge in [0.25, 0.3) is 0 Å². The van der Waals surface area contributed by atoms with Crippen LogP contribution in [0.4, 0.5) is 5.69 Å². The molecule has 0 fully saturated rings. The molecular formula is C11H19IN2O3S. The van der Waals surface area contributed by atoms with E-state index in [2.05, 4.69) is 10.0 Å². The first-order chi connectivity index (χ1) is 8.01. The van der Waals surface area contributed by atoms with Crippen molar-refractivity contribution >= 4 is 39.7 Å². The largest absolute Gasteiger partial charge is 0.494 e. The van der Waals surface area contributed by atoms with Crippen LogP contribution in [0.1, 0.15) is 6.42 Å². The van der Waals surface area contributed by atoms with Gasteiger partial charge in [-0.25, -0.2) is 8.42 Å². The molecule has 0 radical (unpaired) electrons. The van der Waals surface area contributed by atoms with Crippen molar-refractivity contribution in [2.24, 2.45) is 0 Å². The number of halogens is 1. The molecule has 5 nitrogen and oxygen atoms in total. The molecule has 0 aliphatic carbocycles. The van der Waals surface area contributed by atoms with E-state index in [4.69, 9.17) is 4.74 Å². The minimum atomic E-state index is -3.21. The van der Waals surface area contributed by atoms with Gasteiger partial charge in [0.05, 0.1) is 12.9 Å². The summed E-state index contributed by atoms with van der Waals surface area (Å²) in [7, 11) is -1.32. The number of anilines is 1. The zero-order valence-corrected chi connectivity index (χ0v) is 13.6. The standard InChI is InChI=1S/C11H18N2O3S.HI/c1-12-8-3-9-16-11-6-4-10(5-7-11)13-17(2,14)15;/h4-7,12-13H,3,8-9H2,1-2H3;1H. The second-order valence-corrected chi connectivity index (χ2v) is 5.45. The summed E-state index contributed by atoms with van der Waals surface area (Å²) in [5.74, 6) is 0.736. The van der Waals surface area contributed by atoms with Crippen LogP contribution in [0.2, 0.25) is 0 Å². The molecule has 18 heavy (non-hydrogen) atoms. The maximum absolute atomic E-state index is 11.0. The lowest BCUT2D eigenvalue weighted by atomic mass is 10.3. The Morgan fingerprint density at radius 3 is 2.33 bits per heavy atom. The van der Waals surface area contributed by atoms with E-state index < -0.39 is 10.0 Å². The van der Waals surface area contributed by atoms with E-state index in [9.17, 15) is 8.42 Å². The monoisotopic (exact) mass is 386 g/mol. The van der Waals surface area contributed by atoms with Gasteiger partial charge in [0.1, 0.15) is 5.75 Å². The van der Waals surface area contributed by atoms with Crippen LogP contribution in [0.3, 0.4) is 0 Å². The third kappa shape index (κ3) is 7.72. The molecule has 1 aromatic carbocycles. The third-order valence-corrected chi connectivity index (χ3v) is 2.60. The summed E-state index contributed by atoms with van der Waals surface area (Å²) in [6.45, 7) is 1.55. The molecule has 2 N–H and O–H groups in total. The molecule has 7 heteroatoms. The number of nitrogens with one attached hydrogen (secondary N) is 2. The van der Waals surface area contributed by atoms with Gasteiger partial charge in [-0.15, -0.1) is 24.0 Å². The lowest BCUT2D eigenvalue weighted by Gasteiger charge is -2.07. The number of hydrogen-bond donors (Lipinski definition) is 2. The molecule has 104 valence electrons. The number of rotatable bonds is 7. The van der Waals surface area contributed by atoms with Crippen molar-refractivity contribution in [2.75, 3.05) is 31.2 Å². The van der Waals surface area contributed by atoms with Gasteiger partial charge in [0.2, 0.25) is 10.0 Å². The van der Waals surface area contributed by atoms with Gasteiger partial charge in [0, 0.05) is 5.69 Å². The van der Waals surface area contributed by atoms with E-state index >= 15 is 0 Å². The molecule has 0 amide bonds. The smallest absolute Gasteiger partial charge is 0.229 e. The highest BCUT2D eigenvalue weighted by molar-refractivity contribution is 14.0. The lowest BCUT2D eigenvalue weighted by Crippen LogP contribution is -2.11. The van der Waals surface area contributed by atoms with Gasteiger partial charge >= 0.3 is 0 Å². The van der Waals surface area contributed by atoms with Crippen molar-refractivity contribution in [3.05, 3.63) is 24.3 Å². The summed E-state index contributed by atoms with van der Waals surface area (Å²) in [5.41, 5.74) is 0.537. The fourth-order valence-electron chi connectivity index (χ4n) is 1.27. The predicted molar refractivity (Wildman–Crippen MR) is 84.4 cm³/mol. The second kappa shape index (κ2) is 8.54. The number of sulfonamides is 1. The maximum Gasteiger partial charge on any atom is 0.229 e. The summed E-state index contributed by atoms with van der Waals surface area (Å²) in [6.07, 6.45) is 2.05. The van der Waals surface area contributed by atoms with Crippen molar-refractivity contribution in [3.8, 4) is 5.75 Å². The first kappa shape index (κ1) is 17.5. The summed E-state index contributed by atoms with van der Waals surface area (Å²) in [6, 6.07) is 6.84. The van der Waals surface area contributed by atoms with Crippen molar-refractivity contribution < 1.29 is 13.2 Å². The third-order valence-electron chi connectivity index (χ3n) is 2.00. The Morgan fingerprint density at radius 2 is 1.83 bits per heavy atom. The van der Waals surface area contributed by atoms with Crippen molar-refractivity contribution in [3.63, 3.8) is 0 Å². The Kier molecular flexibility index (Phi) is 8.29. The molecule has 0 atom stereocenters. The molecule has 0 unspecified atom stereocenters. The highest BCUT2D eigenvalue weighted by atomic mass is 127. The van der Waals surface area contributed by atoms with Crippen LogP contribution in [0, 0.1) is 0 Å². The Bertz CT molecular complexity index is 434. The van der Waals surface area contributed by atoms with Crippen molar-refractivity contribution in [1.82, 2.24) is 5.32 Å². The van der Waals surface area contributed by atoms with Gasteiger partial charge in [-0.2, -0.15) is 0 Å². The molecule has 0 heterocycles. The van der Waals surface area contributed by atoms with Crippen molar-refractivity contribution in [2.45, 2.75) is 6.42 Å². The first-order valence-electron chi connectivity index (χ1n) is 5.36. The molecule has 0 spiro atoms. The highest BCUT2D eigenvalue weighted by Crippen LogP contribution is 2.16. The van der Waals surface area contributed by atoms with E-state index in [1.54, 1.807) is 24.3 Å². The van der Waals surface area contributed by atoms with E-state index in [1.807, 2.05) is 7.05 Å². The average Bonchev–Trinajstić information content (AvgIpc) is 2.25.